The van der Waals surface area contributed by atoms with Gasteiger partial charge in [-0.3, -0.25) is 9.69 Å². The number of urea groups is 1. The van der Waals surface area contributed by atoms with Gasteiger partial charge >= 0.3 is 6.03 Å². The van der Waals surface area contributed by atoms with Crippen molar-refractivity contribution < 1.29 is 9.59 Å². The van der Waals surface area contributed by atoms with Crippen LogP contribution in [-0.4, -0.2) is 22.5 Å². The first-order valence-electron chi connectivity index (χ1n) is 6.45. The number of halogens is 2. The summed E-state index contributed by atoms with van der Waals surface area (Å²) in [6.45, 7) is 0.204. The molecule has 1 aliphatic rings. The zero-order valence-electron chi connectivity index (χ0n) is 11.3. The molecule has 22 heavy (non-hydrogen) atoms. The van der Waals surface area contributed by atoms with E-state index in [1.54, 1.807) is 24.3 Å². The second-order valence-electron chi connectivity index (χ2n) is 4.74. The summed E-state index contributed by atoms with van der Waals surface area (Å²) in [4.78, 5) is 30.3. The van der Waals surface area contributed by atoms with Gasteiger partial charge in [0.2, 0.25) is 0 Å². The monoisotopic (exact) mass is 396 g/mol. The smallest absolute Gasteiger partial charge is 0.267 e. The van der Waals surface area contributed by atoms with Crippen molar-refractivity contribution in [2.75, 3.05) is 0 Å². The highest BCUT2D eigenvalue weighted by molar-refractivity contribution is 9.11. The van der Waals surface area contributed by atoms with Crippen LogP contribution in [0.15, 0.2) is 45.2 Å². The maximum atomic E-state index is 12.3. The Morgan fingerprint density at radius 1 is 1.14 bits per heavy atom. The lowest BCUT2D eigenvalue weighted by molar-refractivity contribution is -0.121. The predicted molar refractivity (Wildman–Crippen MR) is 90.6 cm³/mol. The van der Waals surface area contributed by atoms with Gasteiger partial charge in [-0.2, -0.15) is 4.99 Å². The minimum atomic E-state index is -0.509. The molecule has 0 atom stereocenters. The number of hydrogen-bond acceptors (Lipinski definition) is 3. The highest BCUT2D eigenvalue weighted by Gasteiger charge is 2.33. The number of carbonyl (C=O) groups is 2. The quantitative estimate of drug-likeness (QED) is 0.772. The van der Waals surface area contributed by atoms with Crippen LogP contribution in [0.4, 0.5) is 4.79 Å². The van der Waals surface area contributed by atoms with E-state index in [-0.39, 0.29) is 18.2 Å². The van der Waals surface area contributed by atoms with Crippen LogP contribution in [0.5, 0.6) is 0 Å². The van der Waals surface area contributed by atoms with E-state index >= 15 is 0 Å². The molecule has 3 rings (SSSR count). The Hall–Kier alpha value is -1.50. The number of rotatable bonds is 4. The zero-order chi connectivity index (χ0) is 15.7. The normalized spacial score (nSPS) is 14.6. The van der Waals surface area contributed by atoms with Crippen molar-refractivity contribution in [2.24, 2.45) is 4.99 Å². The fourth-order valence-corrected chi connectivity index (χ4v) is 3.72. The molecule has 0 saturated heterocycles. The molecular weight excluding hydrogens is 388 g/mol. The largest absolute Gasteiger partial charge is 0.351 e. The van der Waals surface area contributed by atoms with Gasteiger partial charge in [-0.1, -0.05) is 23.7 Å². The van der Waals surface area contributed by atoms with Gasteiger partial charge in [0.1, 0.15) is 5.71 Å². The average Bonchev–Trinajstić information content (AvgIpc) is 3.00. The Bertz CT molecular complexity index is 770. The third-order valence-electron chi connectivity index (χ3n) is 3.18. The Kier molecular flexibility index (Phi) is 4.42. The highest BCUT2D eigenvalue weighted by Crippen LogP contribution is 2.24. The first-order valence-corrected chi connectivity index (χ1v) is 8.44. The van der Waals surface area contributed by atoms with Gasteiger partial charge in [0.15, 0.2) is 0 Å². The second kappa shape index (κ2) is 6.32. The summed E-state index contributed by atoms with van der Waals surface area (Å²) < 4.78 is 0.984. The molecule has 1 aliphatic heterocycles. The summed E-state index contributed by atoms with van der Waals surface area (Å²) in [5.74, 6) is -0.329. The number of carbonyl (C=O) groups excluding carboxylic acids is 2. The molecule has 0 radical (unpaired) electrons. The number of thiophene rings is 1. The molecule has 1 aromatic carbocycles. The molecule has 7 heteroatoms. The standard InChI is InChI=1S/C15H10BrClN2O2S/c16-13-6-5-11(22-13)7-12-14(20)19(15(21)18-12)8-9-1-3-10(17)4-2-9/h1-6H,7-8H2. The van der Waals surface area contributed by atoms with Crippen LogP contribution in [0.25, 0.3) is 0 Å². The van der Waals surface area contributed by atoms with Crippen molar-refractivity contribution in [2.45, 2.75) is 13.0 Å². The van der Waals surface area contributed by atoms with E-state index in [1.807, 2.05) is 12.1 Å². The number of hydrogen-bond donors (Lipinski definition) is 0. The van der Waals surface area contributed by atoms with Crippen LogP contribution in [0.3, 0.4) is 0 Å². The summed E-state index contributed by atoms with van der Waals surface area (Å²) in [5, 5.41) is 0.614. The van der Waals surface area contributed by atoms with Crippen molar-refractivity contribution in [3.63, 3.8) is 0 Å². The molecular formula is C15H10BrClN2O2S. The topological polar surface area (TPSA) is 49.7 Å². The van der Waals surface area contributed by atoms with Gasteiger partial charge in [0.05, 0.1) is 10.3 Å². The van der Waals surface area contributed by atoms with E-state index in [0.717, 1.165) is 19.1 Å². The number of aliphatic imine (C=N–C) groups is 1. The molecule has 1 aromatic heterocycles. The molecule has 112 valence electrons. The van der Waals surface area contributed by atoms with Gasteiger partial charge in [0, 0.05) is 16.3 Å². The summed E-state index contributed by atoms with van der Waals surface area (Å²) in [6.07, 6.45) is 0.373. The molecule has 2 aromatic rings. The van der Waals surface area contributed by atoms with Crippen molar-refractivity contribution in [3.05, 3.63) is 55.6 Å². The summed E-state index contributed by atoms with van der Waals surface area (Å²) in [5.41, 5.74) is 1.12. The molecule has 0 aliphatic carbocycles. The molecule has 0 N–H and O–H groups in total. The van der Waals surface area contributed by atoms with E-state index in [0.29, 0.717) is 11.4 Å². The highest BCUT2D eigenvalue weighted by atomic mass is 79.9. The predicted octanol–water partition coefficient (Wildman–Crippen LogP) is 4.31. The first kappa shape index (κ1) is 15.4. The maximum absolute atomic E-state index is 12.3. The SMILES string of the molecule is O=C1N=C(Cc2ccc(Br)s2)C(=O)N1Cc1ccc(Cl)cc1. The molecule has 0 spiro atoms. The fraction of sp³-hybridized carbons (Fsp3) is 0.133. The van der Waals surface area contributed by atoms with E-state index in [2.05, 4.69) is 20.9 Å². The zero-order valence-corrected chi connectivity index (χ0v) is 14.4. The second-order valence-corrected chi connectivity index (χ2v) is 7.73. The van der Waals surface area contributed by atoms with E-state index in [9.17, 15) is 9.59 Å². The Balaban J connectivity index is 1.72. The Morgan fingerprint density at radius 2 is 1.86 bits per heavy atom. The van der Waals surface area contributed by atoms with E-state index < -0.39 is 6.03 Å². The first-order chi connectivity index (χ1) is 10.5. The van der Waals surface area contributed by atoms with E-state index in [4.69, 9.17) is 11.6 Å². The molecule has 0 bridgehead atoms. The van der Waals surface area contributed by atoms with Crippen LogP contribution in [0, 0.1) is 0 Å². The minimum absolute atomic E-state index is 0.204. The number of benzene rings is 1. The van der Waals surface area contributed by atoms with Gasteiger partial charge in [-0.05, 0) is 45.8 Å². The van der Waals surface area contributed by atoms with Gasteiger partial charge in [-0.15, -0.1) is 11.3 Å². The summed E-state index contributed by atoms with van der Waals surface area (Å²) >= 11 is 10.7. The van der Waals surface area contributed by atoms with Crippen LogP contribution >= 0.6 is 38.9 Å². The molecule has 2 heterocycles. The minimum Gasteiger partial charge on any atom is -0.267 e. The third-order valence-corrected chi connectivity index (χ3v) is 5.05. The lowest BCUT2D eigenvalue weighted by atomic mass is 10.2. The van der Waals surface area contributed by atoms with Crippen molar-refractivity contribution >= 4 is 56.5 Å². The maximum Gasteiger partial charge on any atom is 0.351 e. The molecule has 0 fully saturated rings. The van der Waals surface area contributed by atoms with Gasteiger partial charge in [-0.25, -0.2) is 4.79 Å². The molecule has 3 amide bonds. The van der Waals surface area contributed by atoms with Crippen LogP contribution < -0.4 is 0 Å². The number of imide groups is 1. The van der Waals surface area contributed by atoms with Crippen LogP contribution in [-0.2, 0) is 17.8 Å². The lowest BCUT2D eigenvalue weighted by Gasteiger charge is -2.12. The third kappa shape index (κ3) is 3.29. The molecule has 0 saturated carbocycles. The Morgan fingerprint density at radius 3 is 2.50 bits per heavy atom. The number of nitrogens with zero attached hydrogens (tertiary/aromatic N) is 2. The van der Waals surface area contributed by atoms with Crippen molar-refractivity contribution in [1.82, 2.24) is 4.90 Å². The van der Waals surface area contributed by atoms with Crippen LogP contribution in [0.2, 0.25) is 5.02 Å². The van der Waals surface area contributed by atoms with Gasteiger partial charge in [0.25, 0.3) is 5.91 Å². The van der Waals surface area contributed by atoms with Gasteiger partial charge < -0.3 is 0 Å². The van der Waals surface area contributed by atoms with E-state index in [1.165, 1.54) is 11.3 Å². The van der Waals surface area contributed by atoms with Crippen molar-refractivity contribution in [1.29, 1.82) is 0 Å². The molecule has 0 unspecified atom stereocenters. The average molecular weight is 398 g/mol. The summed E-state index contributed by atoms with van der Waals surface area (Å²) in [6, 6.07) is 10.4. The van der Waals surface area contributed by atoms with Crippen LogP contribution in [0.1, 0.15) is 10.4 Å². The molecule has 4 nitrogen and oxygen atoms in total. The lowest BCUT2D eigenvalue weighted by Crippen LogP contribution is -2.32. The number of amides is 3. The van der Waals surface area contributed by atoms with Crippen molar-refractivity contribution in [3.8, 4) is 0 Å². The summed E-state index contributed by atoms with van der Waals surface area (Å²) in [7, 11) is 0. The fourth-order valence-electron chi connectivity index (χ4n) is 2.11. The Labute approximate surface area is 144 Å².